The zero-order chi connectivity index (χ0) is 20.8. The number of aryl methyl sites for hydroxylation is 2. The van der Waals surface area contributed by atoms with Crippen molar-refractivity contribution in [2.75, 3.05) is 5.75 Å². The first-order valence-corrected chi connectivity index (χ1v) is 12.1. The first-order chi connectivity index (χ1) is 14.6. The number of hydrogen-bond acceptors (Lipinski definition) is 6. The molecule has 3 heterocycles. The van der Waals surface area contributed by atoms with E-state index in [0.717, 1.165) is 40.2 Å². The number of oxazole rings is 1. The highest BCUT2D eigenvalue weighted by Crippen LogP contribution is 2.36. The quantitative estimate of drug-likeness (QED) is 0.341. The van der Waals surface area contributed by atoms with Crippen LogP contribution in [-0.2, 0) is 25.9 Å². The summed E-state index contributed by atoms with van der Waals surface area (Å²) in [6, 6.07) is 7.42. The summed E-state index contributed by atoms with van der Waals surface area (Å²) in [4.78, 5) is 32.5. The van der Waals surface area contributed by atoms with Crippen molar-refractivity contribution in [3.8, 4) is 0 Å². The zero-order valence-corrected chi connectivity index (χ0v) is 18.6. The van der Waals surface area contributed by atoms with Gasteiger partial charge in [-0.3, -0.25) is 13.9 Å². The van der Waals surface area contributed by atoms with E-state index in [2.05, 4.69) is 6.92 Å². The van der Waals surface area contributed by atoms with E-state index in [0.29, 0.717) is 30.3 Å². The third-order valence-corrected chi connectivity index (χ3v) is 7.92. The number of hydrogen-bond donors (Lipinski definition) is 0. The number of rotatable bonds is 5. The van der Waals surface area contributed by atoms with Crippen molar-refractivity contribution >= 4 is 44.4 Å². The molecule has 0 fully saturated rings. The minimum Gasteiger partial charge on any atom is -0.408 e. The average Bonchev–Trinajstić information content (AvgIpc) is 3.24. The summed E-state index contributed by atoms with van der Waals surface area (Å²) in [6.07, 6.45) is 3.15. The molecule has 156 valence electrons. The van der Waals surface area contributed by atoms with Gasteiger partial charge in [0, 0.05) is 23.7 Å². The van der Waals surface area contributed by atoms with Crippen molar-refractivity contribution in [3.63, 3.8) is 0 Å². The largest absolute Gasteiger partial charge is 0.419 e. The van der Waals surface area contributed by atoms with Crippen LogP contribution in [0.25, 0.3) is 21.3 Å². The van der Waals surface area contributed by atoms with Crippen LogP contribution in [0.2, 0.25) is 0 Å². The molecule has 1 aliphatic carbocycles. The Labute approximate surface area is 181 Å². The van der Waals surface area contributed by atoms with E-state index in [1.165, 1.54) is 22.2 Å². The number of para-hydroxylation sites is 2. The maximum Gasteiger partial charge on any atom is 0.419 e. The molecule has 8 heteroatoms. The highest BCUT2D eigenvalue weighted by Gasteiger charge is 2.24. The maximum atomic E-state index is 13.3. The van der Waals surface area contributed by atoms with Gasteiger partial charge in [0.25, 0.3) is 5.56 Å². The van der Waals surface area contributed by atoms with E-state index in [1.54, 1.807) is 26.5 Å². The summed E-state index contributed by atoms with van der Waals surface area (Å²) in [5.41, 5.74) is 2.68. The zero-order valence-electron chi connectivity index (χ0n) is 17.0. The molecule has 0 aliphatic heterocycles. The van der Waals surface area contributed by atoms with E-state index < -0.39 is 0 Å². The number of aromatic nitrogens is 3. The Hall–Kier alpha value is -2.32. The van der Waals surface area contributed by atoms with Crippen LogP contribution in [0.5, 0.6) is 0 Å². The number of fused-ring (bicyclic) bond motifs is 4. The monoisotopic (exact) mass is 441 g/mol. The van der Waals surface area contributed by atoms with Gasteiger partial charge in [-0.2, -0.15) is 0 Å². The van der Waals surface area contributed by atoms with Gasteiger partial charge >= 0.3 is 5.76 Å². The van der Waals surface area contributed by atoms with Crippen LogP contribution < -0.4 is 11.3 Å². The molecule has 0 saturated heterocycles. The van der Waals surface area contributed by atoms with Gasteiger partial charge in [0.15, 0.2) is 10.7 Å². The normalized spacial score (nSPS) is 16.4. The Morgan fingerprint density at radius 1 is 1.27 bits per heavy atom. The van der Waals surface area contributed by atoms with Crippen molar-refractivity contribution in [2.24, 2.45) is 5.92 Å². The summed E-state index contributed by atoms with van der Waals surface area (Å²) in [6.45, 7) is 5.33. The number of nitrogens with zero attached hydrogens (tertiary/aromatic N) is 3. The molecule has 6 nitrogen and oxygen atoms in total. The Bertz CT molecular complexity index is 1360. The minimum atomic E-state index is -0.354. The topological polar surface area (TPSA) is 70.0 Å². The lowest BCUT2D eigenvalue weighted by Crippen LogP contribution is -2.23. The highest BCUT2D eigenvalue weighted by atomic mass is 32.2. The van der Waals surface area contributed by atoms with Crippen molar-refractivity contribution in [1.82, 2.24) is 14.1 Å². The van der Waals surface area contributed by atoms with Crippen LogP contribution in [0.1, 0.15) is 30.7 Å². The third-order valence-electron chi connectivity index (χ3n) is 5.82. The molecule has 4 aromatic rings. The fourth-order valence-corrected chi connectivity index (χ4v) is 6.66. The Balaban J connectivity index is 1.46. The van der Waals surface area contributed by atoms with E-state index in [1.807, 2.05) is 25.1 Å². The molecular formula is C22H23N3O3S2. The summed E-state index contributed by atoms with van der Waals surface area (Å²) < 4.78 is 8.72. The molecular weight excluding hydrogens is 418 g/mol. The molecule has 0 bridgehead atoms. The van der Waals surface area contributed by atoms with Gasteiger partial charge < -0.3 is 4.42 Å². The average molecular weight is 442 g/mol. The summed E-state index contributed by atoms with van der Waals surface area (Å²) in [5, 5.41) is 1.55. The lowest BCUT2D eigenvalue weighted by atomic mass is 9.89. The molecule has 0 amide bonds. The van der Waals surface area contributed by atoms with Gasteiger partial charge in [-0.25, -0.2) is 9.78 Å². The van der Waals surface area contributed by atoms with Crippen molar-refractivity contribution in [3.05, 3.63) is 55.6 Å². The molecule has 30 heavy (non-hydrogen) atoms. The molecule has 3 aromatic heterocycles. The molecule has 0 spiro atoms. The van der Waals surface area contributed by atoms with Crippen molar-refractivity contribution < 1.29 is 4.42 Å². The predicted molar refractivity (Wildman–Crippen MR) is 122 cm³/mol. The van der Waals surface area contributed by atoms with Gasteiger partial charge in [0.1, 0.15) is 4.83 Å². The van der Waals surface area contributed by atoms with Gasteiger partial charge in [0.2, 0.25) is 0 Å². The predicted octanol–water partition coefficient (Wildman–Crippen LogP) is 4.30. The second kappa shape index (κ2) is 7.74. The minimum absolute atomic E-state index is 0.0722. The summed E-state index contributed by atoms with van der Waals surface area (Å²) in [5.74, 6) is 0.938. The Kier molecular flexibility index (Phi) is 5.06. The molecule has 1 aliphatic rings. The second-order valence-electron chi connectivity index (χ2n) is 7.81. The van der Waals surface area contributed by atoms with E-state index >= 15 is 0 Å². The van der Waals surface area contributed by atoms with E-state index in [4.69, 9.17) is 9.40 Å². The van der Waals surface area contributed by atoms with Gasteiger partial charge in [0.05, 0.1) is 10.9 Å². The van der Waals surface area contributed by atoms with Crippen LogP contribution >= 0.6 is 23.1 Å². The third kappa shape index (κ3) is 3.22. The number of thioether (sulfide) groups is 1. The number of thiophene rings is 1. The van der Waals surface area contributed by atoms with E-state index in [9.17, 15) is 9.59 Å². The molecule has 0 unspecified atom stereocenters. The fourth-order valence-electron chi connectivity index (χ4n) is 4.25. The van der Waals surface area contributed by atoms with Crippen molar-refractivity contribution in [2.45, 2.75) is 51.4 Å². The first kappa shape index (κ1) is 19.6. The van der Waals surface area contributed by atoms with Crippen LogP contribution in [-0.4, -0.2) is 19.9 Å². The molecule has 1 aromatic carbocycles. The lowest BCUT2D eigenvalue weighted by Gasteiger charge is -2.17. The highest BCUT2D eigenvalue weighted by molar-refractivity contribution is 7.99. The van der Waals surface area contributed by atoms with E-state index in [-0.39, 0.29) is 11.3 Å². The number of benzene rings is 1. The first-order valence-electron chi connectivity index (χ1n) is 10.3. The Morgan fingerprint density at radius 2 is 2.10 bits per heavy atom. The molecule has 1 atom stereocenters. The van der Waals surface area contributed by atoms with Gasteiger partial charge in [-0.05, 0) is 49.8 Å². The fraction of sp³-hybridized carbons (Fsp3) is 0.409. The molecule has 5 rings (SSSR count). The summed E-state index contributed by atoms with van der Waals surface area (Å²) in [7, 11) is 0. The van der Waals surface area contributed by atoms with Crippen LogP contribution in [0.15, 0.2) is 43.4 Å². The molecule has 0 saturated carbocycles. The van der Waals surface area contributed by atoms with Gasteiger partial charge in [-0.15, -0.1) is 11.3 Å². The van der Waals surface area contributed by atoms with Crippen molar-refractivity contribution in [1.29, 1.82) is 0 Å². The Morgan fingerprint density at radius 3 is 2.93 bits per heavy atom. The molecule has 0 radical (unpaired) electrons. The van der Waals surface area contributed by atoms with Crippen LogP contribution in [0, 0.1) is 5.92 Å². The second-order valence-corrected chi connectivity index (χ2v) is 9.96. The SMILES string of the molecule is CCn1c(SCCn2c(=O)oc3ccccc32)nc2sc3c(c2c1=O)CC[C@@H](C)C3. The lowest BCUT2D eigenvalue weighted by molar-refractivity contribution is 0.509. The smallest absolute Gasteiger partial charge is 0.408 e. The maximum absolute atomic E-state index is 13.3. The summed E-state index contributed by atoms with van der Waals surface area (Å²) >= 11 is 3.20. The van der Waals surface area contributed by atoms with Gasteiger partial charge in [-0.1, -0.05) is 30.8 Å². The van der Waals surface area contributed by atoms with Crippen LogP contribution in [0.4, 0.5) is 0 Å². The molecule has 0 N–H and O–H groups in total. The van der Waals surface area contributed by atoms with Crippen LogP contribution in [0.3, 0.4) is 0 Å². The standard InChI is InChI=1S/C22H23N3O3S2/c1-3-24-20(26)18-14-9-8-13(2)12-17(14)30-19(18)23-21(24)29-11-10-25-15-6-4-5-7-16(15)28-22(25)27/h4-7,13H,3,8-12H2,1-2H3/t13-/m1/s1.